The molecular formula is C15H30N2O2. The van der Waals surface area contributed by atoms with Gasteiger partial charge in [-0.1, -0.05) is 25.7 Å². The Kier molecular flexibility index (Phi) is 6.63. The lowest BCUT2D eigenvalue weighted by Gasteiger charge is -2.21. The fourth-order valence-corrected chi connectivity index (χ4v) is 2.46. The monoisotopic (exact) mass is 270 g/mol. The lowest BCUT2D eigenvalue weighted by molar-refractivity contribution is 0.0523. The highest BCUT2D eigenvalue weighted by molar-refractivity contribution is 5.67. The zero-order valence-electron chi connectivity index (χ0n) is 12.9. The predicted molar refractivity (Wildman–Crippen MR) is 78.3 cm³/mol. The topological polar surface area (TPSA) is 50.4 Å². The first-order valence-corrected chi connectivity index (χ1v) is 7.57. The molecule has 19 heavy (non-hydrogen) atoms. The van der Waals surface area contributed by atoms with E-state index in [-0.39, 0.29) is 12.1 Å². The molecule has 0 bridgehead atoms. The molecule has 4 nitrogen and oxygen atoms in total. The minimum atomic E-state index is -0.427. The van der Waals surface area contributed by atoms with E-state index in [4.69, 9.17) is 4.74 Å². The van der Waals surface area contributed by atoms with Crippen LogP contribution in [0.25, 0.3) is 0 Å². The van der Waals surface area contributed by atoms with Crippen molar-refractivity contribution in [1.82, 2.24) is 10.6 Å². The van der Waals surface area contributed by atoms with Crippen molar-refractivity contribution in [2.75, 3.05) is 13.1 Å². The molecule has 1 aliphatic rings. The average molecular weight is 270 g/mol. The van der Waals surface area contributed by atoms with Crippen LogP contribution in [0.5, 0.6) is 0 Å². The van der Waals surface area contributed by atoms with Gasteiger partial charge in [-0.25, -0.2) is 4.79 Å². The van der Waals surface area contributed by atoms with Crippen LogP contribution in [-0.4, -0.2) is 30.8 Å². The van der Waals surface area contributed by atoms with Gasteiger partial charge in [0.15, 0.2) is 0 Å². The van der Waals surface area contributed by atoms with Crippen LogP contribution < -0.4 is 10.6 Å². The Balaban J connectivity index is 2.03. The van der Waals surface area contributed by atoms with Crippen LogP contribution in [0.4, 0.5) is 4.79 Å². The van der Waals surface area contributed by atoms with Crippen LogP contribution >= 0.6 is 0 Å². The Morgan fingerprint density at radius 3 is 2.53 bits per heavy atom. The molecule has 0 saturated heterocycles. The summed E-state index contributed by atoms with van der Waals surface area (Å²) < 4.78 is 5.20. The zero-order chi connectivity index (χ0) is 14.3. The van der Waals surface area contributed by atoms with Crippen LogP contribution in [0.15, 0.2) is 0 Å². The van der Waals surface area contributed by atoms with Crippen LogP contribution in [-0.2, 0) is 4.74 Å². The lowest BCUT2D eigenvalue weighted by Crippen LogP contribution is -2.41. The Bertz CT molecular complexity index is 268. The van der Waals surface area contributed by atoms with E-state index in [0.717, 1.165) is 12.5 Å². The van der Waals surface area contributed by atoms with Crippen molar-refractivity contribution in [1.29, 1.82) is 0 Å². The predicted octanol–water partition coefficient (Wildman–Crippen LogP) is 3.07. The molecule has 0 aromatic heterocycles. The molecule has 4 heteroatoms. The summed E-state index contributed by atoms with van der Waals surface area (Å²) in [5, 5.41) is 6.25. The first-order valence-electron chi connectivity index (χ1n) is 7.57. The normalized spacial score (nSPS) is 18.3. The van der Waals surface area contributed by atoms with E-state index >= 15 is 0 Å². The van der Waals surface area contributed by atoms with Crippen molar-refractivity contribution in [3.05, 3.63) is 0 Å². The smallest absolute Gasteiger partial charge is 0.407 e. The van der Waals surface area contributed by atoms with Gasteiger partial charge in [-0.05, 0) is 46.6 Å². The fraction of sp³-hybridized carbons (Fsp3) is 0.933. The fourth-order valence-electron chi connectivity index (χ4n) is 2.46. The number of rotatable bonds is 6. The summed E-state index contributed by atoms with van der Waals surface area (Å²) in [7, 11) is 0. The minimum Gasteiger partial charge on any atom is -0.444 e. The van der Waals surface area contributed by atoms with E-state index in [2.05, 4.69) is 17.6 Å². The highest BCUT2D eigenvalue weighted by atomic mass is 16.6. The molecule has 1 aliphatic carbocycles. The Morgan fingerprint density at radius 2 is 1.95 bits per heavy atom. The van der Waals surface area contributed by atoms with Gasteiger partial charge < -0.3 is 15.4 Å². The van der Waals surface area contributed by atoms with Gasteiger partial charge in [-0.3, -0.25) is 0 Å². The van der Waals surface area contributed by atoms with Crippen molar-refractivity contribution in [2.45, 2.75) is 71.4 Å². The summed E-state index contributed by atoms with van der Waals surface area (Å²) in [6.45, 7) is 9.36. The highest BCUT2D eigenvalue weighted by Gasteiger charge is 2.17. The first kappa shape index (κ1) is 16.3. The highest BCUT2D eigenvalue weighted by Crippen LogP contribution is 2.26. The second-order valence-corrected chi connectivity index (χ2v) is 6.68. The number of alkyl carbamates (subject to hydrolysis) is 1. The van der Waals surface area contributed by atoms with Crippen LogP contribution in [0.1, 0.15) is 59.8 Å². The molecule has 1 amide bonds. The summed E-state index contributed by atoms with van der Waals surface area (Å²) >= 11 is 0. The molecule has 0 spiro atoms. The van der Waals surface area contributed by atoms with Crippen molar-refractivity contribution in [3.8, 4) is 0 Å². The van der Waals surface area contributed by atoms with Crippen molar-refractivity contribution >= 4 is 6.09 Å². The van der Waals surface area contributed by atoms with Gasteiger partial charge in [-0.2, -0.15) is 0 Å². The average Bonchev–Trinajstić information content (AvgIpc) is 2.77. The molecule has 2 N–H and O–H groups in total. The van der Waals surface area contributed by atoms with Crippen LogP contribution in [0.3, 0.4) is 0 Å². The maximum absolute atomic E-state index is 11.5. The van der Waals surface area contributed by atoms with Crippen LogP contribution in [0, 0.1) is 5.92 Å². The number of nitrogens with one attached hydrogen (secondary N) is 2. The molecule has 0 aliphatic heterocycles. The van der Waals surface area contributed by atoms with E-state index in [1.807, 2.05) is 20.8 Å². The van der Waals surface area contributed by atoms with Gasteiger partial charge in [0.1, 0.15) is 5.60 Å². The van der Waals surface area contributed by atoms with Crippen molar-refractivity contribution < 1.29 is 9.53 Å². The van der Waals surface area contributed by atoms with E-state index < -0.39 is 5.60 Å². The van der Waals surface area contributed by atoms with Crippen LogP contribution in [0.2, 0.25) is 0 Å². The molecule has 0 aromatic carbocycles. The first-order chi connectivity index (χ1) is 8.87. The summed E-state index contributed by atoms with van der Waals surface area (Å²) in [5.74, 6) is 0.915. The summed E-state index contributed by atoms with van der Waals surface area (Å²) in [5.41, 5.74) is -0.427. The number of carbonyl (C=O) groups is 1. The number of hydrogen-bond acceptors (Lipinski definition) is 3. The summed E-state index contributed by atoms with van der Waals surface area (Å²) in [6, 6.07) is 0.286. The lowest BCUT2D eigenvalue weighted by atomic mass is 10.0. The maximum Gasteiger partial charge on any atom is 0.407 e. The number of ether oxygens (including phenoxy) is 1. The molecule has 1 rings (SSSR count). The SMILES string of the molecule is CC(CNC(=O)OC(C)(C)C)NCCC1CCCC1. The molecule has 1 unspecified atom stereocenters. The van der Waals surface area contributed by atoms with Crippen molar-refractivity contribution in [3.63, 3.8) is 0 Å². The summed E-state index contributed by atoms with van der Waals surface area (Å²) in [4.78, 5) is 11.5. The largest absolute Gasteiger partial charge is 0.444 e. The molecule has 0 aromatic rings. The Hall–Kier alpha value is -0.770. The maximum atomic E-state index is 11.5. The van der Waals surface area contributed by atoms with Gasteiger partial charge in [-0.15, -0.1) is 0 Å². The molecule has 112 valence electrons. The Morgan fingerprint density at radius 1 is 1.32 bits per heavy atom. The third-order valence-electron chi connectivity index (χ3n) is 3.47. The second kappa shape index (κ2) is 7.73. The number of carbonyl (C=O) groups excluding carboxylic acids is 1. The third kappa shape index (κ3) is 8.09. The van der Waals surface area contributed by atoms with Gasteiger partial charge in [0.2, 0.25) is 0 Å². The van der Waals surface area contributed by atoms with E-state index in [1.165, 1.54) is 32.1 Å². The Labute approximate surface area is 117 Å². The van der Waals surface area contributed by atoms with Gasteiger partial charge in [0, 0.05) is 12.6 Å². The molecule has 1 saturated carbocycles. The van der Waals surface area contributed by atoms with Crippen molar-refractivity contribution in [2.24, 2.45) is 5.92 Å². The quantitative estimate of drug-likeness (QED) is 0.780. The number of amides is 1. The molecule has 1 atom stereocenters. The standard InChI is InChI=1S/C15H30N2O2/c1-12(11-17-14(18)19-15(2,3)4)16-10-9-13-7-5-6-8-13/h12-13,16H,5-11H2,1-4H3,(H,17,18). The molecule has 0 heterocycles. The molecule has 0 radical (unpaired) electrons. The van der Waals surface area contributed by atoms with E-state index in [1.54, 1.807) is 0 Å². The minimum absolute atomic E-state index is 0.286. The van der Waals surface area contributed by atoms with Gasteiger partial charge >= 0.3 is 6.09 Å². The van der Waals surface area contributed by atoms with E-state index in [9.17, 15) is 4.79 Å². The van der Waals surface area contributed by atoms with E-state index in [0.29, 0.717) is 6.54 Å². The second-order valence-electron chi connectivity index (χ2n) is 6.68. The molecule has 1 fully saturated rings. The summed E-state index contributed by atoms with van der Waals surface area (Å²) in [6.07, 6.45) is 6.52. The van der Waals surface area contributed by atoms with Gasteiger partial charge in [0.25, 0.3) is 0 Å². The molecular weight excluding hydrogens is 240 g/mol. The number of hydrogen-bond donors (Lipinski definition) is 2. The van der Waals surface area contributed by atoms with Gasteiger partial charge in [0.05, 0.1) is 0 Å². The zero-order valence-corrected chi connectivity index (χ0v) is 12.9. The third-order valence-corrected chi connectivity index (χ3v) is 3.47.